The lowest BCUT2D eigenvalue weighted by Crippen LogP contribution is -2.33. The van der Waals surface area contributed by atoms with Gasteiger partial charge in [-0.1, -0.05) is 48.5 Å². The van der Waals surface area contributed by atoms with E-state index in [2.05, 4.69) is 0 Å². The van der Waals surface area contributed by atoms with Gasteiger partial charge >= 0.3 is 5.97 Å². The van der Waals surface area contributed by atoms with E-state index in [0.717, 1.165) is 16.3 Å². The second-order valence-corrected chi connectivity index (χ2v) is 7.99. The number of nitrogens with zero attached hydrogens (tertiary/aromatic N) is 1. The average Bonchev–Trinajstić information content (AvgIpc) is 3.05. The van der Waals surface area contributed by atoms with Crippen LogP contribution in [-0.4, -0.2) is 40.8 Å². The molecule has 0 unspecified atom stereocenters. The van der Waals surface area contributed by atoms with Crippen LogP contribution >= 0.6 is 11.8 Å². The Hall–Kier alpha value is -3.78. The molecule has 8 heteroatoms. The Morgan fingerprint density at radius 3 is 2.62 bits per heavy atom. The van der Waals surface area contributed by atoms with Crippen molar-refractivity contribution in [3.05, 3.63) is 76.7 Å². The Balaban J connectivity index is 1.53. The molecule has 1 fully saturated rings. The normalized spacial score (nSPS) is 14.9. The molecule has 0 atom stereocenters. The van der Waals surface area contributed by atoms with E-state index >= 15 is 0 Å². The number of carboxylic acids is 1. The van der Waals surface area contributed by atoms with E-state index in [1.165, 1.54) is 13.2 Å². The lowest BCUT2D eigenvalue weighted by molar-refractivity contribution is -0.140. The quantitative estimate of drug-likeness (QED) is 0.529. The minimum absolute atomic E-state index is 0.155. The largest absolute Gasteiger partial charge is 0.493 e. The molecule has 1 saturated heterocycles. The van der Waals surface area contributed by atoms with Gasteiger partial charge in [0.25, 0.3) is 11.1 Å². The minimum atomic E-state index is -1.25. The third kappa shape index (κ3) is 4.45. The van der Waals surface area contributed by atoms with E-state index in [1.54, 1.807) is 18.2 Å². The molecule has 3 aromatic rings. The summed E-state index contributed by atoms with van der Waals surface area (Å²) in [6.07, 6.45) is 1.53. The van der Waals surface area contributed by atoms with Crippen LogP contribution in [0.3, 0.4) is 0 Å². The number of methoxy groups -OCH3 is 1. The summed E-state index contributed by atoms with van der Waals surface area (Å²) in [6.45, 7) is -0.308. The molecule has 1 aliphatic heterocycles. The van der Waals surface area contributed by atoms with Gasteiger partial charge in [0.2, 0.25) is 0 Å². The van der Waals surface area contributed by atoms with E-state index < -0.39 is 23.7 Å². The third-order valence-electron chi connectivity index (χ3n) is 4.92. The summed E-state index contributed by atoms with van der Waals surface area (Å²) in [5, 5.41) is 10.5. The lowest BCUT2D eigenvalue weighted by atomic mass is 10.1. The van der Waals surface area contributed by atoms with Crippen molar-refractivity contribution in [1.29, 1.82) is 0 Å². The van der Waals surface area contributed by atoms with Crippen LogP contribution in [0.2, 0.25) is 0 Å². The standard InChI is InChI=1S/C24H19NO6S/c1-30-20-11-15(12-21-23(28)25(13-22(26)27)24(29)32-21)9-10-19(20)31-14-17-7-4-6-16-5-2-3-8-18(16)17/h2-12H,13-14H2,1H3,(H,26,27)/b21-12+. The Bertz CT molecular complexity index is 1250. The number of carboxylic acid groups (broad SMARTS) is 1. The average molecular weight is 449 g/mol. The van der Waals surface area contributed by atoms with Gasteiger partial charge in [-0.15, -0.1) is 0 Å². The van der Waals surface area contributed by atoms with Crippen LogP contribution in [0.4, 0.5) is 4.79 Å². The van der Waals surface area contributed by atoms with Crippen molar-refractivity contribution in [1.82, 2.24) is 4.90 Å². The molecule has 0 radical (unpaired) electrons. The molecule has 1 aliphatic rings. The number of amides is 2. The summed E-state index contributed by atoms with van der Waals surface area (Å²) in [5.41, 5.74) is 1.67. The summed E-state index contributed by atoms with van der Waals surface area (Å²) < 4.78 is 11.4. The highest BCUT2D eigenvalue weighted by atomic mass is 32.2. The molecule has 0 bridgehead atoms. The molecule has 7 nitrogen and oxygen atoms in total. The molecule has 4 rings (SSSR count). The summed E-state index contributed by atoms with van der Waals surface area (Å²) in [6, 6.07) is 19.3. The maximum absolute atomic E-state index is 12.3. The molecule has 0 spiro atoms. The Morgan fingerprint density at radius 1 is 1.06 bits per heavy atom. The van der Waals surface area contributed by atoms with Crippen LogP contribution < -0.4 is 9.47 Å². The van der Waals surface area contributed by atoms with Crippen LogP contribution in [0.25, 0.3) is 16.8 Å². The number of thioether (sulfide) groups is 1. The number of ether oxygens (including phenoxy) is 2. The second-order valence-electron chi connectivity index (χ2n) is 7.00. The van der Waals surface area contributed by atoms with E-state index in [0.29, 0.717) is 40.3 Å². The number of fused-ring (bicyclic) bond motifs is 1. The number of hydrogen-bond donors (Lipinski definition) is 1. The van der Waals surface area contributed by atoms with Crippen molar-refractivity contribution >= 4 is 45.7 Å². The summed E-state index contributed by atoms with van der Waals surface area (Å²) in [4.78, 5) is 36.0. The van der Waals surface area contributed by atoms with Crippen molar-refractivity contribution < 1.29 is 29.0 Å². The number of imide groups is 1. The smallest absolute Gasteiger partial charge is 0.323 e. The monoisotopic (exact) mass is 449 g/mol. The van der Waals surface area contributed by atoms with Crippen LogP contribution in [0.1, 0.15) is 11.1 Å². The first-order chi connectivity index (χ1) is 15.5. The van der Waals surface area contributed by atoms with E-state index in [4.69, 9.17) is 14.6 Å². The van der Waals surface area contributed by atoms with Gasteiger partial charge in [0, 0.05) is 0 Å². The van der Waals surface area contributed by atoms with Crippen molar-refractivity contribution in [2.45, 2.75) is 6.61 Å². The lowest BCUT2D eigenvalue weighted by Gasteiger charge is -2.13. The SMILES string of the molecule is COc1cc(/C=C2/SC(=O)N(CC(=O)O)C2=O)ccc1OCc1cccc2ccccc12. The summed E-state index contributed by atoms with van der Waals surface area (Å²) >= 11 is 0.708. The summed E-state index contributed by atoms with van der Waals surface area (Å²) in [7, 11) is 1.52. The highest BCUT2D eigenvalue weighted by molar-refractivity contribution is 8.18. The Kier molecular flexibility index (Phi) is 6.13. The number of benzene rings is 3. The van der Waals surface area contributed by atoms with Crippen molar-refractivity contribution in [2.75, 3.05) is 13.7 Å². The number of carbonyl (C=O) groups excluding carboxylic acids is 2. The van der Waals surface area contributed by atoms with Gasteiger partial charge in [-0.25, -0.2) is 0 Å². The van der Waals surface area contributed by atoms with E-state index in [9.17, 15) is 14.4 Å². The second kappa shape index (κ2) is 9.15. The van der Waals surface area contributed by atoms with Crippen LogP contribution in [0.15, 0.2) is 65.6 Å². The minimum Gasteiger partial charge on any atom is -0.493 e. The maximum atomic E-state index is 12.3. The van der Waals surface area contributed by atoms with Gasteiger partial charge in [-0.3, -0.25) is 19.3 Å². The van der Waals surface area contributed by atoms with Gasteiger partial charge in [0.15, 0.2) is 11.5 Å². The van der Waals surface area contributed by atoms with Crippen LogP contribution in [0, 0.1) is 0 Å². The zero-order chi connectivity index (χ0) is 22.7. The van der Waals surface area contributed by atoms with Gasteiger partial charge < -0.3 is 14.6 Å². The van der Waals surface area contributed by atoms with Crippen LogP contribution in [-0.2, 0) is 16.2 Å². The molecular formula is C24H19NO6S. The first kappa shape index (κ1) is 21.5. The molecular weight excluding hydrogens is 430 g/mol. The van der Waals surface area contributed by atoms with Gasteiger partial charge in [0.05, 0.1) is 12.0 Å². The predicted molar refractivity (Wildman–Crippen MR) is 122 cm³/mol. The Morgan fingerprint density at radius 2 is 1.84 bits per heavy atom. The molecule has 0 aliphatic carbocycles. The molecule has 1 heterocycles. The molecule has 0 saturated carbocycles. The molecule has 1 N–H and O–H groups in total. The van der Waals surface area contributed by atoms with Crippen LogP contribution in [0.5, 0.6) is 11.5 Å². The van der Waals surface area contributed by atoms with Crippen molar-refractivity contribution in [3.8, 4) is 11.5 Å². The molecule has 2 amide bonds. The number of rotatable bonds is 7. The van der Waals surface area contributed by atoms with Gasteiger partial charge in [0.1, 0.15) is 13.2 Å². The third-order valence-corrected chi connectivity index (χ3v) is 5.82. The number of hydrogen-bond acceptors (Lipinski definition) is 6. The van der Waals surface area contributed by atoms with Gasteiger partial charge in [-0.2, -0.15) is 0 Å². The highest BCUT2D eigenvalue weighted by Gasteiger charge is 2.36. The number of aliphatic carboxylic acids is 1. The Labute approximate surface area is 188 Å². The van der Waals surface area contributed by atoms with E-state index in [1.807, 2.05) is 42.5 Å². The molecule has 162 valence electrons. The predicted octanol–water partition coefficient (Wildman–Crippen LogP) is 4.55. The molecule has 32 heavy (non-hydrogen) atoms. The number of carbonyl (C=O) groups is 3. The maximum Gasteiger partial charge on any atom is 0.323 e. The van der Waals surface area contributed by atoms with Gasteiger partial charge in [-0.05, 0) is 51.9 Å². The molecule has 3 aromatic carbocycles. The first-order valence-electron chi connectivity index (χ1n) is 9.71. The fourth-order valence-corrected chi connectivity index (χ4v) is 4.23. The topological polar surface area (TPSA) is 93.1 Å². The fraction of sp³-hybridized carbons (Fsp3) is 0.125. The zero-order valence-corrected chi connectivity index (χ0v) is 17.9. The zero-order valence-electron chi connectivity index (χ0n) is 17.1. The first-order valence-corrected chi connectivity index (χ1v) is 10.5. The molecule has 0 aromatic heterocycles. The van der Waals surface area contributed by atoms with Crippen molar-refractivity contribution in [2.24, 2.45) is 0 Å². The fourth-order valence-electron chi connectivity index (χ4n) is 3.39. The summed E-state index contributed by atoms with van der Waals surface area (Å²) in [5.74, 6) is -0.860. The van der Waals surface area contributed by atoms with Crippen molar-refractivity contribution in [3.63, 3.8) is 0 Å². The highest BCUT2D eigenvalue weighted by Crippen LogP contribution is 2.35. The van der Waals surface area contributed by atoms with E-state index in [-0.39, 0.29) is 4.91 Å².